The molecule has 1 aliphatic rings. The number of hydrogen-bond donors (Lipinski definition) is 1. The summed E-state index contributed by atoms with van der Waals surface area (Å²) in [6, 6.07) is 14.1. The molecular weight excluding hydrogens is 392 g/mol. The highest BCUT2D eigenvalue weighted by Gasteiger charge is 2.28. The highest BCUT2D eigenvalue weighted by Crippen LogP contribution is 2.20. The number of methoxy groups -OCH3 is 1. The molecule has 1 fully saturated rings. The number of nitrogens with one attached hydrogen (secondary N) is 1. The van der Waals surface area contributed by atoms with Crippen molar-refractivity contribution in [1.82, 2.24) is 10.2 Å². The maximum Gasteiger partial charge on any atom is 0.253 e. The van der Waals surface area contributed by atoms with Crippen LogP contribution < -0.4 is 14.8 Å². The van der Waals surface area contributed by atoms with Gasteiger partial charge in [0.15, 0.2) is 0 Å². The molecule has 1 aliphatic heterocycles. The molecule has 7 heteroatoms. The molecule has 0 bridgehead atoms. The van der Waals surface area contributed by atoms with Crippen molar-refractivity contribution in [1.29, 1.82) is 0 Å². The van der Waals surface area contributed by atoms with Gasteiger partial charge in [-0.05, 0) is 61.4 Å². The molecule has 0 aromatic heterocycles. The fourth-order valence-electron chi connectivity index (χ4n) is 3.31. The molecule has 154 valence electrons. The van der Waals surface area contributed by atoms with Crippen molar-refractivity contribution in [2.75, 3.05) is 33.4 Å². The van der Waals surface area contributed by atoms with Crippen LogP contribution in [0, 0.1) is 5.92 Å². The van der Waals surface area contributed by atoms with Crippen LogP contribution >= 0.6 is 11.6 Å². The molecule has 1 N–H and O–H groups in total. The van der Waals surface area contributed by atoms with Gasteiger partial charge in [0.05, 0.1) is 19.6 Å². The van der Waals surface area contributed by atoms with Crippen molar-refractivity contribution in [3.8, 4) is 11.5 Å². The summed E-state index contributed by atoms with van der Waals surface area (Å²) in [4.78, 5) is 26.9. The van der Waals surface area contributed by atoms with Gasteiger partial charge in [-0.15, -0.1) is 0 Å². The van der Waals surface area contributed by atoms with E-state index in [1.165, 1.54) is 0 Å². The van der Waals surface area contributed by atoms with Crippen LogP contribution in [-0.2, 0) is 4.79 Å². The average molecular weight is 417 g/mol. The van der Waals surface area contributed by atoms with Gasteiger partial charge in [0.1, 0.15) is 18.1 Å². The van der Waals surface area contributed by atoms with E-state index in [-0.39, 0.29) is 17.7 Å². The third-order valence-electron chi connectivity index (χ3n) is 4.90. The summed E-state index contributed by atoms with van der Waals surface area (Å²) >= 11 is 5.89. The van der Waals surface area contributed by atoms with E-state index in [1.54, 1.807) is 36.3 Å². The highest BCUT2D eigenvalue weighted by atomic mass is 35.5. The first-order valence-electron chi connectivity index (χ1n) is 9.66. The molecule has 29 heavy (non-hydrogen) atoms. The van der Waals surface area contributed by atoms with Crippen molar-refractivity contribution in [3.63, 3.8) is 0 Å². The first-order valence-corrected chi connectivity index (χ1v) is 10.0. The smallest absolute Gasteiger partial charge is 0.253 e. The van der Waals surface area contributed by atoms with E-state index < -0.39 is 0 Å². The Labute approximate surface area is 175 Å². The standard InChI is InChI=1S/C22H25ClN2O4/c1-28-19-8-10-20(11-9-19)29-14-12-24-21(26)17-3-2-13-25(15-17)22(27)16-4-6-18(23)7-5-16/h4-11,17H,2-3,12-15H2,1H3,(H,24,26). The van der Waals surface area contributed by atoms with Gasteiger partial charge in [0.25, 0.3) is 5.91 Å². The topological polar surface area (TPSA) is 67.9 Å². The molecule has 2 aromatic carbocycles. The van der Waals surface area contributed by atoms with E-state index in [4.69, 9.17) is 21.1 Å². The molecule has 0 radical (unpaired) electrons. The zero-order chi connectivity index (χ0) is 20.6. The van der Waals surface area contributed by atoms with Crippen LogP contribution in [0.3, 0.4) is 0 Å². The lowest BCUT2D eigenvalue weighted by Gasteiger charge is -2.32. The van der Waals surface area contributed by atoms with E-state index in [9.17, 15) is 9.59 Å². The fourth-order valence-corrected chi connectivity index (χ4v) is 3.44. The van der Waals surface area contributed by atoms with Gasteiger partial charge >= 0.3 is 0 Å². The predicted octanol–water partition coefficient (Wildman–Crippen LogP) is 3.40. The maximum absolute atomic E-state index is 12.7. The molecule has 1 unspecified atom stereocenters. The summed E-state index contributed by atoms with van der Waals surface area (Å²) in [6.07, 6.45) is 1.58. The minimum Gasteiger partial charge on any atom is -0.497 e. The van der Waals surface area contributed by atoms with E-state index in [0.29, 0.717) is 36.8 Å². The van der Waals surface area contributed by atoms with Crippen molar-refractivity contribution in [2.24, 2.45) is 5.92 Å². The number of carbonyl (C=O) groups excluding carboxylic acids is 2. The molecule has 0 saturated carbocycles. The van der Waals surface area contributed by atoms with Crippen molar-refractivity contribution in [2.45, 2.75) is 12.8 Å². The number of piperidine rings is 1. The Bertz CT molecular complexity index is 824. The average Bonchev–Trinajstić information content (AvgIpc) is 2.77. The van der Waals surface area contributed by atoms with Gasteiger partial charge in [0.2, 0.25) is 5.91 Å². The molecular formula is C22H25ClN2O4. The van der Waals surface area contributed by atoms with Gasteiger partial charge in [-0.25, -0.2) is 0 Å². The third kappa shape index (κ3) is 5.87. The second-order valence-electron chi connectivity index (χ2n) is 6.91. The van der Waals surface area contributed by atoms with Crippen LogP contribution in [0.4, 0.5) is 0 Å². The van der Waals surface area contributed by atoms with Crippen LogP contribution in [-0.4, -0.2) is 50.1 Å². The zero-order valence-electron chi connectivity index (χ0n) is 16.4. The number of likely N-dealkylation sites (tertiary alicyclic amines) is 1. The number of nitrogens with zero attached hydrogens (tertiary/aromatic N) is 1. The number of rotatable bonds is 7. The number of hydrogen-bond acceptors (Lipinski definition) is 4. The molecule has 6 nitrogen and oxygen atoms in total. The lowest BCUT2D eigenvalue weighted by molar-refractivity contribution is -0.126. The predicted molar refractivity (Wildman–Crippen MR) is 112 cm³/mol. The molecule has 1 heterocycles. The Morgan fingerprint density at radius 3 is 2.48 bits per heavy atom. The number of benzene rings is 2. The maximum atomic E-state index is 12.7. The van der Waals surface area contributed by atoms with Gasteiger partial charge < -0.3 is 19.7 Å². The van der Waals surface area contributed by atoms with Crippen molar-refractivity contribution >= 4 is 23.4 Å². The Kier molecular flexibility index (Phi) is 7.36. The summed E-state index contributed by atoms with van der Waals surface area (Å²) in [5.41, 5.74) is 0.586. The summed E-state index contributed by atoms with van der Waals surface area (Å²) in [5, 5.41) is 3.50. The Balaban J connectivity index is 1.44. The second-order valence-corrected chi connectivity index (χ2v) is 7.35. The molecule has 2 amide bonds. The number of halogens is 1. The minimum absolute atomic E-state index is 0.0445. The fraction of sp³-hybridized carbons (Fsp3) is 0.364. The first kappa shape index (κ1) is 21.0. The summed E-state index contributed by atoms with van der Waals surface area (Å²) in [6.45, 7) is 1.86. The highest BCUT2D eigenvalue weighted by molar-refractivity contribution is 6.30. The molecule has 1 saturated heterocycles. The number of amides is 2. The number of carbonyl (C=O) groups is 2. The van der Waals surface area contributed by atoms with Crippen molar-refractivity contribution < 1.29 is 19.1 Å². The molecule has 1 atom stereocenters. The minimum atomic E-state index is -0.207. The first-order chi connectivity index (χ1) is 14.1. The van der Waals surface area contributed by atoms with Gasteiger partial charge in [-0.3, -0.25) is 9.59 Å². The van der Waals surface area contributed by atoms with Gasteiger partial charge in [-0.1, -0.05) is 11.6 Å². The SMILES string of the molecule is COc1ccc(OCCNC(=O)C2CCCN(C(=O)c3ccc(Cl)cc3)C2)cc1. The van der Waals surface area contributed by atoms with Gasteiger partial charge in [-0.2, -0.15) is 0 Å². The number of ether oxygens (including phenoxy) is 2. The van der Waals surface area contributed by atoms with E-state index in [0.717, 1.165) is 24.3 Å². The van der Waals surface area contributed by atoms with E-state index in [2.05, 4.69) is 5.32 Å². The quantitative estimate of drug-likeness (QED) is 0.702. The van der Waals surface area contributed by atoms with E-state index >= 15 is 0 Å². The lowest BCUT2D eigenvalue weighted by atomic mass is 9.96. The zero-order valence-corrected chi connectivity index (χ0v) is 17.2. The Hall–Kier alpha value is -2.73. The molecule has 3 rings (SSSR count). The molecule has 2 aromatic rings. The third-order valence-corrected chi connectivity index (χ3v) is 5.15. The van der Waals surface area contributed by atoms with Crippen LogP contribution in [0.5, 0.6) is 11.5 Å². The van der Waals surface area contributed by atoms with Crippen molar-refractivity contribution in [3.05, 3.63) is 59.1 Å². The normalized spacial score (nSPS) is 16.2. The summed E-state index contributed by atoms with van der Waals surface area (Å²) in [7, 11) is 1.61. The van der Waals surface area contributed by atoms with Crippen LogP contribution in [0.25, 0.3) is 0 Å². The second kappa shape index (κ2) is 10.2. The van der Waals surface area contributed by atoms with Gasteiger partial charge in [0, 0.05) is 23.7 Å². The summed E-state index contributed by atoms with van der Waals surface area (Å²) in [5.74, 6) is 1.16. The Morgan fingerprint density at radius 1 is 1.10 bits per heavy atom. The monoisotopic (exact) mass is 416 g/mol. The Morgan fingerprint density at radius 2 is 1.79 bits per heavy atom. The van der Waals surface area contributed by atoms with Crippen LogP contribution in [0.1, 0.15) is 23.2 Å². The van der Waals surface area contributed by atoms with Crippen LogP contribution in [0.15, 0.2) is 48.5 Å². The van der Waals surface area contributed by atoms with E-state index in [1.807, 2.05) is 24.3 Å². The molecule has 0 aliphatic carbocycles. The summed E-state index contributed by atoms with van der Waals surface area (Å²) < 4.78 is 10.7. The largest absolute Gasteiger partial charge is 0.497 e. The van der Waals surface area contributed by atoms with Crippen LogP contribution in [0.2, 0.25) is 5.02 Å². The lowest BCUT2D eigenvalue weighted by Crippen LogP contribution is -2.46. The molecule has 0 spiro atoms.